The Bertz CT molecular complexity index is 2360. The topological polar surface area (TPSA) is 34.1 Å². The van der Waals surface area contributed by atoms with Gasteiger partial charge in [0, 0.05) is 22.7 Å². The Hall–Kier alpha value is -5.93. The monoisotopic (exact) mass is 588 g/mol. The van der Waals surface area contributed by atoms with E-state index in [2.05, 4.69) is 151 Å². The molecule has 7 aromatic rings. The van der Waals surface area contributed by atoms with E-state index in [0.29, 0.717) is 0 Å². The quantitative estimate of drug-likeness (QED) is 0.218. The van der Waals surface area contributed by atoms with E-state index in [-0.39, 0.29) is 6.04 Å². The average Bonchev–Trinajstić information content (AvgIpc) is 3.42. The van der Waals surface area contributed by atoms with Crippen molar-refractivity contribution in [2.45, 2.75) is 11.5 Å². The maximum atomic E-state index is 6.75. The molecule has 2 aliphatic heterocycles. The van der Waals surface area contributed by atoms with Gasteiger partial charge in [-0.3, -0.25) is 4.98 Å². The molecule has 10 rings (SSSR count). The molecule has 1 N–H and O–H groups in total. The minimum atomic E-state index is -0.446. The molecule has 0 bridgehead atoms. The number of pyridine rings is 1. The van der Waals surface area contributed by atoms with Crippen molar-refractivity contribution in [2.24, 2.45) is 0 Å². The van der Waals surface area contributed by atoms with Gasteiger partial charge in [-0.2, -0.15) is 0 Å². The normalized spacial score (nSPS) is 16.0. The zero-order chi connectivity index (χ0) is 30.2. The first-order valence-electron chi connectivity index (χ1n) is 15.8. The second kappa shape index (κ2) is 9.53. The average molecular weight is 589 g/mol. The molecular formula is C43H28N2O. The third-order valence-electron chi connectivity index (χ3n) is 10.0. The highest BCUT2D eigenvalue weighted by molar-refractivity contribution is 5.96. The Kier molecular flexibility index (Phi) is 5.26. The van der Waals surface area contributed by atoms with E-state index in [1.807, 2.05) is 12.3 Å². The lowest BCUT2D eigenvalue weighted by molar-refractivity contribution is 0.436. The van der Waals surface area contributed by atoms with Crippen molar-refractivity contribution in [2.75, 3.05) is 5.32 Å². The lowest BCUT2D eigenvalue weighted by atomic mass is 9.66. The largest absolute Gasteiger partial charge is 0.457 e. The summed E-state index contributed by atoms with van der Waals surface area (Å²) in [5, 5.41) is 4.91. The molecule has 1 aliphatic carbocycles. The molecule has 46 heavy (non-hydrogen) atoms. The number of rotatable bonds is 2. The van der Waals surface area contributed by atoms with Crippen molar-refractivity contribution in [3.63, 3.8) is 0 Å². The van der Waals surface area contributed by atoms with E-state index in [0.717, 1.165) is 44.8 Å². The molecule has 0 fully saturated rings. The van der Waals surface area contributed by atoms with E-state index in [1.54, 1.807) is 0 Å². The van der Waals surface area contributed by atoms with Gasteiger partial charge in [0.15, 0.2) is 0 Å². The standard InChI is InChI=1S/C43H28N2O/c1-3-14-34-32(12-1)33-13-2-4-15-35(33)43(34)36-16-5-6-17-39(36)46-40-26-30(20-22-37(40)43)29-9-7-10-31(25-29)38-23-21-28-19-18-27-11-8-24-44-41(27)42(28)45-38/h1-26,38,45H. The van der Waals surface area contributed by atoms with E-state index in [4.69, 9.17) is 9.72 Å². The second-order valence-corrected chi connectivity index (χ2v) is 12.4. The molecule has 216 valence electrons. The molecule has 1 aromatic heterocycles. The first-order valence-corrected chi connectivity index (χ1v) is 15.8. The summed E-state index contributed by atoms with van der Waals surface area (Å²) >= 11 is 0. The molecule has 0 radical (unpaired) electrons. The molecule has 3 heterocycles. The summed E-state index contributed by atoms with van der Waals surface area (Å²) < 4.78 is 6.75. The lowest BCUT2D eigenvalue weighted by Gasteiger charge is -2.39. The van der Waals surface area contributed by atoms with Crippen LogP contribution in [-0.2, 0) is 5.41 Å². The summed E-state index contributed by atoms with van der Waals surface area (Å²) in [7, 11) is 0. The van der Waals surface area contributed by atoms with Crippen LogP contribution >= 0.6 is 0 Å². The molecule has 1 spiro atoms. The molecule has 0 saturated carbocycles. The second-order valence-electron chi connectivity index (χ2n) is 12.4. The van der Waals surface area contributed by atoms with Gasteiger partial charge in [-0.25, -0.2) is 0 Å². The molecule has 6 aromatic carbocycles. The number of ether oxygens (including phenoxy) is 1. The Morgan fingerprint density at radius 2 is 1.33 bits per heavy atom. The van der Waals surface area contributed by atoms with E-state index >= 15 is 0 Å². The van der Waals surface area contributed by atoms with Crippen LogP contribution in [-0.4, -0.2) is 4.98 Å². The fraction of sp³-hybridized carbons (Fsp3) is 0.0465. The summed E-state index contributed by atoms with van der Waals surface area (Å²) in [6.07, 6.45) is 6.31. The van der Waals surface area contributed by atoms with Crippen molar-refractivity contribution in [3.05, 3.63) is 185 Å². The van der Waals surface area contributed by atoms with Gasteiger partial charge < -0.3 is 10.1 Å². The highest BCUT2D eigenvalue weighted by Crippen LogP contribution is 2.62. The molecular weight excluding hydrogens is 560 g/mol. The van der Waals surface area contributed by atoms with Crippen molar-refractivity contribution in [1.29, 1.82) is 0 Å². The maximum absolute atomic E-state index is 6.75. The first-order chi connectivity index (χ1) is 22.8. The van der Waals surface area contributed by atoms with Gasteiger partial charge in [-0.1, -0.05) is 127 Å². The fourth-order valence-electron chi connectivity index (χ4n) is 8.00. The van der Waals surface area contributed by atoms with Crippen LogP contribution in [0.25, 0.3) is 39.2 Å². The predicted octanol–water partition coefficient (Wildman–Crippen LogP) is 10.6. The van der Waals surface area contributed by atoms with Gasteiger partial charge >= 0.3 is 0 Å². The van der Waals surface area contributed by atoms with Crippen LogP contribution in [0.2, 0.25) is 0 Å². The molecule has 1 atom stereocenters. The number of hydrogen-bond acceptors (Lipinski definition) is 3. The van der Waals surface area contributed by atoms with Crippen LogP contribution in [0, 0.1) is 0 Å². The third kappa shape index (κ3) is 3.45. The van der Waals surface area contributed by atoms with Crippen molar-refractivity contribution < 1.29 is 4.74 Å². The number of nitrogens with one attached hydrogen (secondary N) is 1. The van der Waals surface area contributed by atoms with E-state index < -0.39 is 5.41 Å². The summed E-state index contributed by atoms with van der Waals surface area (Å²) in [6.45, 7) is 0. The Morgan fingerprint density at radius 3 is 2.17 bits per heavy atom. The minimum Gasteiger partial charge on any atom is -0.457 e. The number of hydrogen-bond donors (Lipinski definition) is 1. The number of para-hydroxylation sites is 1. The number of nitrogens with zero attached hydrogens (tertiary/aromatic N) is 1. The number of fused-ring (bicyclic) bond motifs is 12. The van der Waals surface area contributed by atoms with Crippen molar-refractivity contribution in [3.8, 4) is 33.8 Å². The van der Waals surface area contributed by atoms with Crippen LogP contribution in [0.5, 0.6) is 11.5 Å². The summed E-state index contributed by atoms with van der Waals surface area (Å²) in [4.78, 5) is 4.69. The SMILES string of the molecule is C1=CC(c2cccc(-c3ccc4c(c3)Oc3ccccc3C43c4ccccc4-c4ccccc43)c2)Nc2c1ccc1cccnc21. The molecule has 0 amide bonds. The molecule has 3 nitrogen and oxygen atoms in total. The maximum Gasteiger partial charge on any atom is 0.132 e. The Morgan fingerprint density at radius 1 is 0.587 bits per heavy atom. The zero-order valence-corrected chi connectivity index (χ0v) is 24.9. The van der Waals surface area contributed by atoms with Gasteiger partial charge in [0.1, 0.15) is 11.5 Å². The van der Waals surface area contributed by atoms with Gasteiger partial charge in [0.2, 0.25) is 0 Å². The number of benzene rings is 6. The fourth-order valence-corrected chi connectivity index (χ4v) is 8.00. The van der Waals surface area contributed by atoms with Crippen molar-refractivity contribution >= 4 is 22.7 Å². The van der Waals surface area contributed by atoms with Crippen LogP contribution in [0.1, 0.15) is 39.4 Å². The number of anilines is 1. The smallest absolute Gasteiger partial charge is 0.132 e. The summed E-state index contributed by atoms with van der Waals surface area (Å²) in [5.41, 5.74) is 13.8. The predicted molar refractivity (Wildman–Crippen MR) is 186 cm³/mol. The number of aromatic nitrogens is 1. The van der Waals surface area contributed by atoms with Gasteiger partial charge in [-0.05, 0) is 68.8 Å². The highest BCUT2D eigenvalue weighted by Gasteiger charge is 2.50. The van der Waals surface area contributed by atoms with Crippen LogP contribution in [0.15, 0.2) is 152 Å². The molecule has 1 unspecified atom stereocenters. The molecule has 3 aliphatic rings. The Labute approximate surface area is 267 Å². The first kappa shape index (κ1) is 25.4. The minimum absolute atomic E-state index is 0.0376. The Balaban J connectivity index is 1.10. The van der Waals surface area contributed by atoms with Gasteiger partial charge in [0.25, 0.3) is 0 Å². The lowest BCUT2D eigenvalue weighted by Crippen LogP contribution is -2.32. The van der Waals surface area contributed by atoms with Crippen LogP contribution in [0.4, 0.5) is 5.69 Å². The summed E-state index contributed by atoms with van der Waals surface area (Å²) in [5.74, 6) is 1.80. The molecule has 3 heteroatoms. The van der Waals surface area contributed by atoms with Crippen molar-refractivity contribution in [1.82, 2.24) is 4.98 Å². The molecule has 0 saturated heterocycles. The zero-order valence-electron chi connectivity index (χ0n) is 24.9. The summed E-state index contributed by atoms with van der Waals surface area (Å²) in [6, 6.07) is 50.3. The highest BCUT2D eigenvalue weighted by atomic mass is 16.5. The van der Waals surface area contributed by atoms with E-state index in [9.17, 15) is 0 Å². The van der Waals surface area contributed by atoms with Gasteiger partial charge in [-0.15, -0.1) is 0 Å². The third-order valence-corrected chi connectivity index (χ3v) is 10.0. The van der Waals surface area contributed by atoms with Crippen LogP contribution in [0.3, 0.4) is 0 Å². The van der Waals surface area contributed by atoms with Crippen LogP contribution < -0.4 is 10.1 Å². The van der Waals surface area contributed by atoms with E-state index in [1.165, 1.54) is 38.9 Å². The van der Waals surface area contributed by atoms with Gasteiger partial charge in [0.05, 0.1) is 22.7 Å².